The number of amides is 1. The van der Waals surface area contributed by atoms with Gasteiger partial charge in [0.25, 0.3) is 0 Å². The van der Waals surface area contributed by atoms with E-state index in [0.717, 1.165) is 44.9 Å². The van der Waals surface area contributed by atoms with E-state index in [1.54, 1.807) is 0 Å². The maximum absolute atomic E-state index is 12.8. The Morgan fingerprint density at radius 3 is 1.60 bits per heavy atom. The fourth-order valence-corrected chi connectivity index (χ4v) is 6.48. The second-order valence-electron chi connectivity index (χ2n) is 15.0. The van der Waals surface area contributed by atoms with Gasteiger partial charge in [-0.05, 0) is 38.5 Å². The highest BCUT2D eigenvalue weighted by molar-refractivity contribution is 7.47. The van der Waals surface area contributed by atoms with E-state index in [1.807, 2.05) is 21.1 Å². The van der Waals surface area contributed by atoms with E-state index in [0.29, 0.717) is 23.9 Å². The predicted octanol–water partition coefficient (Wildman–Crippen LogP) is 10.4. The number of carbonyl (C=O) groups excluding carboxylic acids is 1. The van der Waals surface area contributed by atoms with Crippen molar-refractivity contribution in [2.45, 2.75) is 193 Å². The molecular weight excluding hydrogens is 623 g/mol. The third-order valence-corrected chi connectivity index (χ3v) is 10.00. The molecule has 0 fully saturated rings. The van der Waals surface area contributed by atoms with E-state index >= 15 is 0 Å². The van der Waals surface area contributed by atoms with Crippen molar-refractivity contribution in [1.29, 1.82) is 0 Å². The second kappa shape index (κ2) is 32.2. The van der Waals surface area contributed by atoms with E-state index < -0.39 is 20.0 Å². The Morgan fingerprint density at radius 2 is 1.12 bits per heavy atom. The number of aliphatic hydroxyl groups is 1. The maximum atomic E-state index is 12.8. The summed E-state index contributed by atoms with van der Waals surface area (Å²) in [5, 5.41) is 13.9. The number of aliphatic hydroxyl groups excluding tert-OH is 1. The van der Waals surface area contributed by atoms with Gasteiger partial charge in [0.15, 0.2) is 0 Å². The average Bonchev–Trinajstić information content (AvgIpc) is 3.02. The molecule has 0 aliphatic carbocycles. The van der Waals surface area contributed by atoms with E-state index in [1.165, 1.54) is 109 Å². The molecule has 8 nitrogen and oxygen atoms in total. The van der Waals surface area contributed by atoms with Crippen LogP contribution < -0.4 is 5.32 Å². The van der Waals surface area contributed by atoms with Crippen LogP contribution >= 0.6 is 7.82 Å². The summed E-state index contributed by atoms with van der Waals surface area (Å²) in [6.07, 6.45) is 33.7. The first-order chi connectivity index (χ1) is 23.0. The molecule has 1 amide bonds. The number of phosphoric acid groups is 1. The first-order valence-electron chi connectivity index (χ1n) is 20.1. The van der Waals surface area contributed by atoms with Crippen LogP contribution in [0.2, 0.25) is 0 Å². The van der Waals surface area contributed by atoms with Crippen molar-refractivity contribution in [2.24, 2.45) is 0 Å². The Hall–Kier alpha value is -0.760. The number of nitrogens with zero attached hydrogens (tertiary/aromatic N) is 1. The Bertz CT molecular complexity index is 804. The molecule has 0 aliphatic heterocycles. The van der Waals surface area contributed by atoms with Crippen LogP contribution in [0.5, 0.6) is 0 Å². The van der Waals surface area contributed by atoms with Crippen molar-refractivity contribution in [1.82, 2.24) is 5.32 Å². The minimum absolute atomic E-state index is 0.0718. The van der Waals surface area contributed by atoms with Crippen LogP contribution in [0.4, 0.5) is 0 Å². The van der Waals surface area contributed by atoms with E-state index in [2.05, 4.69) is 31.3 Å². The molecule has 0 aromatic heterocycles. The average molecular weight is 704 g/mol. The Morgan fingerprint density at radius 1 is 0.688 bits per heavy atom. The Kier molecular flexibility index (Phi) is 31.7. The fraction of sp³-hybridized carbons (Fsp3) is 0.923. The van der Waals surface area contributed by atoms with Gasteiger partial charge in [-0.15, -0.1) is 0 Å². The lowest BCUT2D eigenvalue weighted by atomic mass is 10.0. The molecule has 0 rings (SSSR count). The van der Waals surface area contributed by atoms with Crippen LogP contribution in [0, 0.1) is 0 Å². The number of phosphoric ester groups is 1. The van der Waals surface area contributed by atoms with Crippen molar-refractivity contribution in [3.8, 4) is 0 Å². The van der Waals surface area contributed by atoms with Gasteiger partial charge in [0, 0.05) is 6.42 Å². The summed E-state index contributed by atoms with van der Waals surface area (Å²) < 4.78 is 23.5. The SMILES string of the molecule is CCCCCCCCCCC/C=C/CCCC[C@@H](O)[C@H](COP(=O)(O)OCC[N+](C)(C)C)NC(=O)CCCCCCCCCCCCC. The number of carbonyl (C=O) groups is 1. The number of unbranched alkanes of at least 4 members (excludes halogenated alkanes) is 21. The van der Waals surface area contributed by atoms with Crippen molar-refractivity contribution < 1.29 is 32.9 Å². The summed E-state index contributed by atoms with van der Waals surface area (Å²) in [7, 11) is 1.60. The van der Waals surface area contributed by atoms with Gasteiger partial charge in [-0.2, -0.15) is 0 Å². The van der Waals surface area contributed by atoms with Crippen LogP contribution in [0.1, 0.15) is 181 Å². The first kappa shape index (κ1) is 47.2. The molecule has 0 aromatic rings. The van der Waals surface area contributed by atoms with Crippen molar-refractivity contribution in [3.63, 3.8) is 0 Å². The van der Waals surface area contributed by atoms with Crippen molar-refractivity contribution in [3.05, 3.63) is 12.2 Å². The number of allylic oxidation sites excluding steroid dienone is 2. The molecule has 0 bridgehead atoms. The molecule has 0 radical (unpaired) electrons. The highest BCUT2D eigenvalue weighted by atomic mass is 31.2. The molecule has 3 atom stereocenters. The van der Waals surface area contributed by atoms with Gasteiger partial charge in [-0.25, -0.2) is 4.57 Å². The molecule has 0 saturated heterocycles. The highest BCUT2D eigenvalue weighted by Crippen LogP contribution is 2.43. The molecule has 0 heterocycles. The zero-order chi connectivity index (χ0) is 35.8. The van der Waals surface area contributed by atoms with Crippen LogP contribution in [-0.4, -0.2) is 73.4 Å². The molecule has 286 valence electrons. The summed E-state index contributed by atoms with van der Waals surface area (Å²) in [4.78, 5) is 23.0. The first-order valence-corrected chi connectivity index (χ1v) is 21.5. The van der Waals surface area contributed by atoms with Gasteiger partial charge >= 0.3 is 7.82 Å². The number of hydrogen-bond donors (Lipinski definition) is 3. The summed E-state index contributed by atoms with van der Waals surface area (Å²) in [5.74, 6) is -0.156. The lowest BCUT2D eigenvalue weighted by molar-refractivity contribution is -0.870. The molecule has 9 heteroatoms. The summed E-state index contributed by atoms with van der Waals surface area (Å²) >= 11 is 0. The molecule has 1 unspecified atom stereocenters. The van der Waals surface area contributed by atoms with Gasteiger partial charge in [0.1, 0.15) is 13.2 Å². The minimum atomic E-state index is -4.31. The molecule has 0 aromatic carbocycles. The standard InChI is InChI=1S/C39H79N2O6P/c1-6-8-10-12-14-16-18-19-20-21-23-24-26-28-30-32-38(42)37(36-47-48(44,45)46-35-34-41(3,4)5)40-39(43)33-31-29-27-25-22-17-15-13-11-9-7-2/h23-24,37-38,42H,6-22,25-36H2,1-5H3,(H-,40,43,44,45)/p+1/b24-23+/t37-,38+/m0/s1. The van der Waals surface area contributed by atoms with Gasteiger partial charge < -0.3 is 19.8 Å². The zero-order valence-electron chi connectivity index (χ0n) is 32.2. The smallest absolute Gasteiger partial charge is 0.391 e. The monoisotopic (exact) mass is 704 g/mol. The largest absolute Gasteiger partial charge is 0.472 e. The highest BCUT2D eigenvalue weighted by Gasteiger charge is 2.28. The molecule has 3 N–H and O–H groups in total. The Labute approximate surface area is 297 Å². The quantitative estimate of drug-likeness (QED) is 0.0260. The summed E-state index contributed by atoms with van der Waals surface area (Å²) in [5.41, 5.74) is 0. The normalized spacial score (nSPS) is 14.7. The summed E-state index contributed by atoms with van der Waals surface area (Å²) in [6, 6.07) is -0.769. The third kappa shape index (κ3) is 33.7. The summed E-state index contributed by atoms with van der Waals surface area (Å²) in [6.45, 7) is 4.85. The number of hydrogen-bond acceptors (Lipinski definition) is 5. The molecule has 48 heavy (non-hydrogen) atoms. The topological polar surface area (TPSA) is 105 Å². The number of nitrogens with one attached hydrogen (secondary N) is 1. The second-order valence-corrected chi connectivity index (χ2v) is 16.5. The minimum Gasteiger partial charge on any atom is -0.391 e. The van der Waals surface area contributed by atoms with E-state index in [-0.39, 0.29) is 19.1 Å². The van der Waals surface area contributed by atoms with Gasteiger partial charge in [-0.1, -0.05) is 148 Å². The van der Waals surface area contributed by atoms with Crippen LogP contribution in [-0.2, 0) is 18.4 Å². The molecule has 0 saturated carbocycles. The predicted molar refractivity (Wildman–Crippen MR) is 203 cm³/mol. The third-order valence-electron chi connectivity index (χ3n) is 9.01. The van der Waals surface area contributed by atoms with Gasteiger partial charge in [0.05, 0.1) is 39.9 Å². The lowest BCUT2D eigenvalue weighted by Gasteiger charge is -2.26. The van der Waals surface area contributed by atoms with Crippen molar-refractivity contribution >= 4 is 13.7 Å². The van der Waals surface area contributed by atoms with E-state index in [9.17, 15) is 19.4 Å². The molecule has 0 aliphatic rings. The Balaban J connectivity index is 4.47. The van der Waals surface area contributed by atoms with E-state index in [4.69, 9.17) is 9.05 Å². The maximum Gasteiger partial charge on any atom is 0.472 e. The van der Waals surface area contributed by atoms with Crippen LogP contribution in [0.15, 0.2) is 12.2 Å². The lowest BCUT2D eigenvalue weighted by Crippen LogP contribution is -2.46. The van der Waals surface area contributed by atoms with Crippen molar-refractivity contribution in [2.75, 3.05) is 40.9 Å². The molecular formula is C39H80N2O6P+. The molecule has 0 spiro atoms. The van der Waals surface area contributed by atoms with Crippen LogP contribution in [0.25, 0.3) is 0 Å². The number of likely N-dealkylation sites (N-methyl/N-ethyl adjacent to an activating group) is 1. The number of rotatable bonds is 36. The fourth-order valence-electron chi connectivity index (χ4n) is 5.74. The van der Waals surface area contributed by atoms with Crippen LogP contribution in [0.3, 0.4) is 0 Å². The van der Waals surface area contributed by atoms with Gasteiger partial charge in [-0.3, -0.25) is 13.8 Å². The number of quaternary nitrogens is 1. The van der Waals surface area contributed by atoms with Gasteiger partial charge in [0.2, 0.25) is 5.91 Å². The zero-order valence-corrected chi connectivity index (χ0v) is 33.1.